The molecule has 0 bridgehead atoms. The Bertz CT molecular complexity index is 1420. The molecule has 3 aliphatic rings. The molecule has 0 spiro atoms. The molecule has 10 nitrogen and oxygen atoms in total. The maximum Gasteiger partial charge on any atom is 0.251 e. The Hall–Kier alpha value is -3.47. The second-order valence-corrected chi connectivity index (χ2v) is 12.3. The van der Waals surface area contributed by atoms with Crippen molar-refractivity contribution in [1.82, 2.24) is 25.1 Å². The number of fused-ring (bicyclic) bond motifs is 1. The SMILES string of the molecule is O=C(NC[C@H](O)CN1CCc2c(ccc(OCc3cnco3)c2Cl)C1)c1ccnc(CC2CCN(C(=O)C3CC3)CC2)c1. The number of pyridine rings is 1. The predicted molar refractivity (Wildman–Crippen MR) is 160 cm³/mol. The fourth-order valence-corrected chi connectivity index (χ4v) is 6.36. The zero-order chi connectivity index (χ0) is 29.8. The van der Waals surface area contributed by atoms with Crippen molar-refractivity contribution >= 4 is 23.4 Å². The van der Waals surface area contributed by atoms with Gasteiger partial charge in [0.05, 0.1) is 17.3 Å². The first kappa shape index (κ1) is 29.6. The van der Waals surface area contributed by atoms with E-state index in [1.165, 1.54) is 6.39 Å². The summed E-state index contributed by atoms with van der Waals surface area (Å²) in [7, 11) is 0. The molecule has 228 valence electrons. The molecule has 1 saturated heterocycles. The highest BCUT2D eigenvalue weighted by molar-refractivity contribution is 6.33. The van der Waals surface area contributed by atoms with E-state index in [4.69, 9.17) is 20.8 Å². The highest BCUT2D eigenvalue weighted by Crippen LogP contribution is 2.35. The van der Waals surface area contributed by atoms with Gasteiger partial charge >= 0.3 is 0 Å². The number of oxazole rings is 1. The Morgan fingerprint density at radius 3 is 2.77 bits per heavy atom. The molecule has 0 unspecified atom stereocenters. The Morgan fingerprint density at radius 1 is 1.16 bits per heavy atom. The van der Waals surface area contributed by atoms with Crippen LogP contribution in [0.1, 0.15) is 58.6 Å². The summed E-state index contributed by atoms with van der Waals surface area (Å²) in [5, 5.41) is 14.2. The molecule has 2 N–H and O–H groups in total. The van der Waals surface area contributed by atoms with Crippen LogP contribution < -0.4 is 10.1 Å². The summed E-state index contributed by atoms with van der Waals surface area (Å²) in [6.45, 7) is 3.87. The van der Waals surface area contributed by atoms with Gasteiger partial charge in [0.2, 0.25) is 5.91 Å². The standard InChI is InChI=1S/C32H38ClN5O5/c33-30-28-8-10-37(17-24(28)3-4-29(30)42-19-27-16-34-20-43-27)18-26(39)15-36-31(40)23-5-9-35-25(14-23)13-21-6-11-38(12-7-21)32(41)22-1-2-22/h3-5,9,14,16,20-22,26,39H,1-2,6-8,10-13,15,17-19H2,(H,36,40)/t26-/m0/s1. The van der Waals surface area contributed by atoms with Crippen LogP contribution in [-0.2, 0) is 30.8 Å². The van der Waals surface area contributed by atoms with Crippen LogP contribution in [0.4, 0.5) is 0 Å². The van der Waals surface area contributed by atoms with Gasteiger partial charge in [-0.15, -0.1) is 0 Å². The number of nitrogens with zero attached hydrogens (tertiary/aromatic N) is 4. The molecule has 2 aliphatic heterocycles. The summed E-state index contributed by atoms with van der Waals surface area (Å²) in [5.74, 6) is 2.07. The lowest BCUT2D eigenvalue weighted by Crippen LogP contribution is -2.42. The molecule has 6 rings (SSSR count). The average Bonchev–Trinajstić information content (AvgIpc) is 3.74. The van der Waals surface area contributed by atoms with E-state index in [0.717, 1.165) is 75.0 Å². The first-order valence-corrected chi connectivity index (χ1v) is 15.5. The number of carbonyl (C=O) groups excluding carboxylic acids is 2. The third-order valence-electron chi connectivity index (χ3n) is 8.63. The van der Waals surface area contributed by atoms with Gasteiger partial charge in [0, 0.05) is 62.6 Å². The van der Waals surface area contributed by atoms with Gasteiger partial charge in [0.1, 0.15) is 12.4 Å². The number of nitrogens with one attached hydrogen (secondary N) is 1. The number of hydrogen-bond acceptors (Lipinski definition) is 8. The summed E-state index contributed by atoms with van der Waals surface area (Å²) in [6.07, 6.45) is 9.49. The van der Waals surface area contributed by atoms with E-state index >= 15 is 0 Å². The van der Waals surface area contributed by atoms with E-state index in [0.29, 0.717) is 47.0 Å². The van der Waals surface area contributed by atoms with Gasteiger partial charge in [0.15, 0.2) is 12.2 Å². The number of aliphatic hydroxyl groups excluding tert-OH is 1. The van der Waals surface area contributed by atoms with Crippen LogP contribution in [0.15, 0.2) is 47.5 Å². The van der Waals surface area contributed by atoms with Gasteiger partial charge in [-0.2, -0.15) is 0 Å². The van der Waals surface area contributed by atoms with Crippen molar-refractivity contribution in [3.05, 3.63) is 76.2 Å². The number of halogens is 1. The molecule has 3 aromatic rings. The topological polar surface area (TPSA) is 121 Å². The molecule has 0 radical (unpaired) electrons. The van der Waals surface area contributed by atoms with E-state index in [1.54, 1.807) is 18.5 Å². The van der Waals surface area contributed by atoms with Crippen molar-refractivity contribution < 1.29 is 23.8 Å². The first-order chi connectivity index (χ1) is 20.9. The van der Waals surface area contributed by atoms with E-state index < -0.39 is 6.10 Å². The van der Waals surface area contributed by atoms with Crippen molar-refractivity contribution in [2.45, 2.75) is 57.8 Å². The zero-order valence-electron chi connectivity index (χ0n) is 24.2. The van der Waals surface area contributed by atoms with E-state index in [2.05, 4.69) is 20.2 Å². The molecule has 4 heterocycles. The summed E-state index contributed by atoms with van der Waals surface area (Å²) in [5.41, 5.74) is 3.59. The number of benzene rings is 1. The summed E-state index contributed by atoms with van der Waals surface area (Å²) >= 11 is 6.65. The molecule has 43 heavy (non-hydrogen) atoms. The largest absolute Gasteiger partial charge is 0.484 e. The van der Waals surface area contributed by atoms with Gasteiger partial charge in [0.25, 0.3) is 5.91 Å². The summed E-state index contributed by atoms with van der Waals surface area (Å²) in [6, 6.07) is 7.42. The number of rotatable bonds is 11. The van der Waals surface area contributed by atoms with E-state index in [9.17, 15) is 14.7 Å². The monoisotopic (exact) mass is 607 g/mol. The Kier molecular flexibility index (Phi) is 9.25. The second-order valence-electron chi connectivity index (χ2n) is 11.9. The molecule has 2 aromatic heterocycles. The fraction of sp³-hybridized carbons (Fsp3) is 0.500. The van der Waals surface area contributed by atoms with Crippen LogP contribution in [0.2, 0.25) is 5.02 Å². The minimum Gasteiger partial charge on any atom is -0.484 e. The first-order valence-electron chi connectivity index (χ1n) is 15.2. The van der Waals surface area contributed by atoms with Crippen molar-refractivity contribution in [2.75, 3.05) is 32.7 Å². The minimum atomic E-state index is -0.713. The Morgan fingerprint density at radius 2 is 2.00 bits per heavy atom. The number of amides is 2. The van der Waals surface area contributed by atoms with Crippen molar-refractivity contribution in [2.24, 2.45) is 11.8 Å². The number of likely N-dealkylation sites (tertiary alicyclic amines) is 1. The van der Waals surface area contributed by atoms with Gasteiger partial charge in [-0.1, -0.05) is 17.7 Å². The lowest BCUT2D eigenvalue weighted by Gasteiger charge is -2.32. The van der Waals surface area contributed by atoms with Crippen molar-refractivity contribution in [3.63, 3.8) is 0 Å². The van der Waals surface area contributed by atoms with Crippen LogP contribution in [0.5, 0.6) is 5.75 Å². The maximum absolute atomic E-state index is 12.9. The normalized spacial score (nSPS) is 18.2. The third-order valence-corrected chi connectivity index (χ3v) is 9.04. The van der Waals surface area contributed by atoms with Crippen molar-refractivity contribution in [1.29, 1.82) is 0 Å². The van der Waals surface area contributed by atoms with Gasteiger partial charge in [-0.25, -0.2) is 4.98 Å². The molecule has 1 aromatic carbocycles. The van der Waals surface area contributed by atoms with Crippen LogP contribution >= 0.6 is 11.6 Å². The maximum atomic E-state index is 12.9. The molecule has 2 amide bonds. The number of carbonyl (C=O) groups is 2. The lowest BCUT2D eigenvalue weighted by molar-refractivity contribution is -0.133. The lowest BCUT2D eigenvalue weighted by atomic mass is 9.91. The average molecular weight is 608 g/mol. The number of β-amino-alcohol motifs (C(OH)–C–C–N with tert-alkyl or cyclic N) is 1. The third kappa shape index (κ3) is 7.55. The molecular formula is C32H38ClN5O5. The molecule has 11 heteroatoms. The number of aliphatic hydroxyl groups is 1. The summed E-state index contributed by atoms with van der Waals surface area (Å²) in [4.78, 5) is 37.8. The quantitative estimate of drug-likeness (QED) is 0.339. The van der Waals surface area contributed by atoms with Crippen LogP contribution in [0.25, 0.3) is 0 Å². The highest BCUT2D eigenvalue weighted by atomic mass is 35.5. The van der Waals surface area contributed by atoms with Gasteiger partial charge < -0.3 is 24.5 Å². The van der Waals surface area contributed by atoms with Crippen LogP contribution in [0.3, 0.4) is 0 Å². The molecule has 1 saturated carbocycles. The number of piperidine rings is 1. The smallest absolute Gasteiger partial charge is 0.251 e. The molecular weight excluding hydrogens is 570 g/mol. The molecule has 1 aliphatic carbocycles. The number of aromatic nitrogens is 2. The fourth-order valence-electron chi connectivity index (χ4n) is 6.03. The minimum absolute atomic E-state index is 0.155. The molecule has 2 fully saturated rings. The Balaban J connectivity index is 0.943. The van der Waals surface area contributed by atoms with E-state index in [1.807, 2.05) is 23.1 Å². The van der Waals surface area contributed by atoms with Gasteiger partial charge in [-0.3, -0.25) is 19.5 Å². The van der Waals surface area contributed by atoms with Crippen LogP contribution in [0, 0.1) is 11.8 Å². The predicted octanol–water partition coefficient (Wildman–Crippen LogP) is 3.64. The second kappa shape index (κ2) is 13.4. The zero-order valence-corrected chi connectivity index (χ0v) is 25.0. The van der Waals surface area contributed by atoms with Gasteiger partial charge in [-0.05, 0) is 73.8 Å². The Labute approximate surface area is 256 Å². The molecule has 1 atom stereocenters. The van der Waals surface area contributed by atoms with Crippen molar-refractivity contribution in [3.8, 4) is 5.75 Å². The number of ether oxygens (including phenoxy) is 1. The summed E-state index contributed by atoms with van der Waals surface area (Å²) < 4.78 is 11.0. The highest BCUT2D eigenvalue weighted by Gasteiger charge is 2.35. The van der Waals surface area contributed by atoms with Crippen LogP contribution in [-0.4, -0.2) is 75.5 Å². The van der Waals surface area contributed by atoms with E-state index in [-0.39, 0.29) is 25.0 Å². The number of hydrogen-bond donors (Lipinski definition) is 2.